The summed E-state index contributed by atoms with van der Waals surface area (Å²) in [6, 6.07) is 12.9. The van der Waals surface area contributed by atoms with E-state index in [0.29, 0.717) is 48.0 Å². The summed E-state index contributed by atoms with van der Waals surface area (Å²) in [6.07, 6.45) is 3.60. The van der Waals surface area contributed by atoms with Gasteiger partial charge in [-0.2, -0.15) is 10.2 Å². The van der Waals surface area contributed by atoms with E-state index < -0.39 is 10.0 Å². The summed E-state index contributed by atoms with van der Waals surface area (Å²) in [7, 11) is -3.43. The van der Waals surface area contributed by atoms with Crippen molar-refractivity contribution in [1.82, 2.24) is 19.8 Å². The van der Waals surface area contributed by atoms with Crippen molar-refractivity contribution in [3.8, 4) is 34.7 Å². The van der Waals surface area contributed by atoms with Gasteiger partial charge in [0.05, 0.1) is 17.4 Å². The Balaban J connectivity index is 1.30. The van der Waals surface area contributed by atoms with Crippen molar-refractivity contribution >= 4 is 10.0 Å². The molecule has 206 valence electrons. The lowest BCUT2D eigenvalue weighted by molar-refractivity contribution is 0.202. The molecular formula is C29H35N5O4S. The van der Waals surface area contributed by atoms with Crippen LogP contribution in [0.1, 0.15) is 62.8 Å². The standard InChI is InChI=1S/C29H35N5O4S/c1-19(2)37-27-10-7-21(17-22(27)18-30)29-31-28(32-38-29)25-6-4-5-24-23(25)8-9-26(24)33-39(35,36)16-15-34-13-11-20(3)12-14-34/h4-7,10,17,19-20,26,33H,8-9,11-16H2,1-3H3/t26-/m1/s1. The predicted molar refractivity (Wildman–Crippen MR) is 148 cm³/mol. The molecular weight excluding hydrogens is 514 g/mol. The number of sulfonamides is 1. The fourth-order valence-electron chi connectivity index (χ4n) is 5.35. The number of aromatic nitrogens is 2. The summed E-state index contributed by atoms with van der Waals surface area (Å²) in [5.41, 5.74) is 3.83. The van der Waals surface area contributed by atoms with Gasteiger partial charge in [0.2, 0.25) is 15.8 Å². The Bertz CT molecular complexity index is 1470. The highest BCUT2D eigenvalue weighted by Gasteiger charge is 2.30. The molecule has 1 aliphatic carbocycles. The van der Waals surface area contributed by atoms with Crippen molar-refractivity contribution in [2.45, 2.75) is 58.6 Å². The molecule has 2 heterocycles. The quantitative estimate of drug-likeness (QED) is 0.408. The molecule has 10 heteroatoms. The molecule has 0 unspecified atom stereocenters. The first-order valence-electron chi connectivity index (χ1n) is 13.6. The Labute approximate surface area is 230 Å². The van der Waals surface area contributed by atoms with Crippen LogP contribution in [-0.4, -0.2) is 54.9 Å². The molecule has 0 saturated carbocycles. The topological polar surface area (TPSA) is 121 Å². The molecule has 0 spiro atoms. The van der Waals surface area contributed by atoms with Crippen LogP contribution in [0.4, 0.5) is 0 Å². The third-order valence-corrected chi connectivity index (χ3v) is 8.89. The second kappa shape index (κ2) is 11.5. The van der Waals surface area contributed by atoms with Gasteiger partial charge < -0.3 is 14.2 Å². The zero-order valence-electron chi connectivity index (χ0n) is 22.7. The van der Waals surface area contributed by atoms with E-state index in [1.54, 1.807) is 18.2 Å². The monoisotopic (exact) mass is 549 g/mol. The van der Waals surface area contributed by atoms with Crippen LogP contribution in [0.5, 0.6) is 5.75 Å². The Hall–Kier alpha value is -3.26. The van der Waals surface area contributed by atoms with Gasteiger partial charge in [0.25, 0.3) is 5.89 Å². The number of hydrogen-bond acceptors (Lipinski definition) is 8. The minimum atomic E-state index is -3.43. The third kappa shape index (κ3) is 6.32. The highest BCUT2D eigenvalue weighted by atomic mass is 32.2. The lowest BCUT2D eigenvalue weighted by Crippen LogP contribution is -2.39. The summed E-state index contributed by atoms with van der Waals surface area (Å²) in [5.74, 6) is 2.07. The summed E-state index contributed by atoms with van der Waals surface area (Å²) in [5, 5.41) is 13.8. The Morgan fingerprint density at radius 3 is 2.74 bits per heavy atom. The zero-order valence-corrected chi connectivity index (χ0v) is 23.5. The summed E-state index contributed by atoms with van der Waals surface area (Å²) >= 11 is 0. The van der Waals surface area contributed by atoms with Crippen LogP contribution in [0.2, 0.25) is 0 Å². The minimum Gasteiger partial charge on any atom is -0.490 e. The van der Waals surface area contributed by atoms with Crippen molar-refractivity contribution in [3.63, 3.8) is 0 Å². The lowest BCUT2D eigenvalue weighted by atomic mass is 9.99. The Morgan fingerprint density at radius 2 is 2.00 bits per heavy atom. The number of hydrogen-bond donors (Lipinski definition) is 1. The highest BCUT2D eigenvalue weighted by molar-refractivity contribution is 7.89. The van der Waals surface area contributed by atoms with Gasteiger partial charge in [-0.3, -0.25) is 0 Å². The normalized spacial score (nSPS) is 18.3. The molecule has 39 heavy (non-hydrogen) atoms. The number of benzene rings is 2. The molecule has 5 rings (SSSR count). The minimum absolute atomic E-state index is 0.0509. The van der Waals surface area contributed by atoms with Crippen LogP contribution in [0.3, 0.4) is 0 Å². The molecule has 9 nitrogen and oxygen atoms in total. The van der Waals surface area contributed by atoms with E-state index in [9.17, 15) is 13.7 Å². The number of nitrogens with zero attached hydrogens (tertiary/aromatic N) is 4. The smallest absolute Gasteiger partial charge is 0.258 e. The maximum Gasteiger partial charge on any atom is 0.258 e. The van der Waals surface area contributed by atoms with Crippen LogP contribution in [0.15, 0.2) is 40.9 Å². The molecule has 1 fully saturated rings. The lowest BCUT2D eigenvalue weighted by Gasteiger charge is -2.30. The Morgan fingerprint density at radius 1 is 1.21 bits per heavy atom. The summed E-state index contributed by atoms with van der Waals surface area (Å²) in [4.78, 5) is 6.86. The first kappa shape index (κ1) is 27.3. The van der Waals surface area contributed by atoms with Crippen molar-refractivity contribution in [1.29, 1.82) is 5.26 Å². The van der Waals surface area contributed by atoms with Crippen LogP contribution >= 0.6 is 0 Å². The number of ether oxygens (including phenoxy) is 1. The second-order valence-electron chi connectivity index (χ2n) is 10.8. The molecule has 1 atom stereocenters. The van der Waals surface area contributed by atoms with E-state index in [1.807, 2.05) is 32.0 Å². The van der Waals surface area contributed by atoms with E-state index in [2.05, 4.69) is 32.8 Å². The molecule has 0 amide bonds. The first-order chi connectivity index (χ1) is 18.7. The number of nitriles is 1. The Kier molecular flexibility index (Phi) is 8.03. The van der Waals surface area contributed by atoms with Gasteiger partial charge >= 0.3 is 0 Å². The van der Waals surface area contributed by atoms with E-state index in [-0.39, 0.29) is 17.9 Å². The molecule has 1 saturated heterocycles. The van der Waals surface area contributed by atoms with E-state index in [1.165, 1.54) is 0 Å². The first-order valence-corrected chi connectivity index (χ1v) is 15.3. The molecule has 0 bridgehead atoms. The van der Waals surface area contributed by atoms with Crippen molar-refractivity contribution < 1.29 is 17.7 Å². The van der Waals surface area contributed by atoms with Gasteiger partial charge in [0, 0.05) is 23.7 Å². The molecule has 1 aliphatic heterocycles. The van der Waals surface area contributed by atoms with Crippen LogP contribution in [0.25, 0.3) is 22.8 Å². The van der Waals surface area contributed by atoms with Crippen LogP contribution in [0, 0.1) is 17.2 Å². The zero-order chi connectivity index (χ0) is 27.6. The molecule has 2 aliphatic rings. The van der Waals surface area contributed by atoms with Gasteiger partial charge in [0.1, 0.15) is 11.8 Å². The predicted octanol–water partition coefficient (Wildman–Crippen LogP) is 4.70. The van der Waals surface area contributed by atoms with Crippen molar-refractivity contribution in [2.24, 2.45) is 5.92 Å². The van der Waals surface area contributed by atoms with Gasteiger partial charge in [0.15, 0.2) is 0 Å². The second-order valence-corrected chi connectivity index (χ2v) is 12.7. The average Bonchev–Trinajstić information content (AvgIpc) is 3.56. The average molecular weight is 550 g/mol. The summed E-state index contributed by atoms with van der Waals surface area (Å²) in [6.45, 7) is 8.55. The van der Waals surface area contributed by atoms with E-state index in [0.717, 1.165) is 48.5 Å². The number of nitrogens with one attached hydrogen (secondary N) is 1. The van der Waals surface area contributed by atoms with Gasteiger partial charge in [-0.15, -0.1) is 0 Å². The van der Waals surface area contributed by atoms with Crippen LogP contribution in [-0.2, 0) is 16.4 Å². The van der Waals surface area contributed by atoms with E-state index >= 15 is 0 Å². The maximum atomic E-state index is 12.9. The molecule has 1 N–H and O–H groups in total. The fourth-order valence-corrected chi connectivity index (χ4v) is 6.65. The number of rotatable bonds is 9. The highest BCUT2D eigenvalue weighted by Crippen LogP contribution is 2.38. The number of piperidine rings is 1. The molecule has 1 aromatic heterocycles. The summed E-state index contributed by atoms with van der Waals surface area (Å²) < 4.78 is 40.1. The van der Waals surface area contributed by atoms with Gasteiger partial charge in [-0.05, 0) is 87.9 Å². The SMILES string of the molecule is CC1CCN(CCS(=O)(=O)N[C@@H]2CCc3c(-c4noc(-c5ccc(OC(C)C)c(C#N)c5)n4)cccc32)CC1. The third-order valence-electron chi connectivity index (χ3n) is 7.52. The molecule has 3 aromatic rings. The number of fused-ring (bicyclic) bond motifs is 1. The van der Waals surface area contributed by atoms with Crippen molar-refractivity contribution in [2.75, 3.05) is 25.4 Å². The van der Waals surface area contributed by atoms with Crippen LogP contribution < -0.4 is 9.46 Å². The maximum absolute atomic E-state index is 12.9. The van der Waals surface area contributed by atoms with Gasteiger partial charge in [-0.25, -0.2) is 13.1 Å². The molecule has 2 aromatic carbocycles. The van der Waals surface area contributed by atoms with Gasteiger partial charge in [-0.1, -0.05) is 30.3 Å². The number of likely N-dealkylation sites (tertiary alicyclic amines) is 1. The largest absolute Gasteiger partial charge is 0.490 e. The fraction of sp³-hybridized carbons (Fsp3) is 0.483. The molecule has 0 radical (unpaired) electrons. The van der Waals surface area contributed by atoms with E-state index in [4.69, 9.17) is 9.26 Å². The van der Waals surface area contributed by atoms with Crippen molar-refractivity contribution in [3.05, 3.63) is 53.1 Å².